The second kappa shape index (κ2) is 5.22. The summed E-state index contributed by atoms with van der Waals surface area (Å²) >= 11 is 0. The van der Waals surface area contributed by atoms with Gasteiger partial charge in [0.05, 0.1) is 18.8 Å². The van der Waals surface area contributed by atoms with Crippen molar-refractivity contribution in [1.82, 2.24) is 5.32 Å². The number of fused-ring (bicyclic) bond motifs is 1. The molecule has 0 spiro atoms. The predicted molar refractivity (Wildman–Crippen MR) is 64.0 cm³/mol. The predicted octanol–water partition coefficient (Wildman–Crippen LogP) is 0.947. The van der Waals surface area contributed by atoms with Crippen LogP contribution >= 0.6 is 0 Å². The first-order valence-electron chi connectivity index (χ1n) is 6.85. The second-order valence-electron chi connectivity index (χ2n) is 5.54. The van der Waals surface area contributed by atoms with Crippen LogP contribution in [0.3, 0.4) is 0 Å². The van der Waals surface area contributed by atoms with Gasteiger partial charge in [0.1, 0.15) is 0 Å². The van der Waals surface area contributed by atoms with Crippen molar-refractivity contribution in [2.24, 2.45) is 5.92 Å². The molecule has 0 aromatic carbocycles. The molecule has 0 aromatic heterocycles. The van der Waals surface area contributed by atoms with Crippen molar-refractivity contribution < 1.29 is 14.2 Å². The van der Waals surface area contributed by atoms with Gasteiger partial charge in [-0.15, -0.1) is 0 Å². The minimum absolute atomic E-state index is 0.213. The van der Waals surface area contributed by atoms with E-state index < -0.39 is 0 Å². The van der Waals surface area contributed by atoms with Crippen LogP contribution in [0.2, 0.25) is 0 Å². The molecule has 2 saturated heterocycles. The van der Waals surface area contributed by atoms with Gasteiger partial charge < -0.3 is 19.5 Å². The van der Waals surface area contributed by atoms with E-state index in [1.807, 2.05) is 0 Å². The van der Waals surface area contributed by atoms with E-state index in [0.29, 0.717) is 18.2 Å². The van der Waals surface area contributed by atoms with E-state index in [9.17, 15) is 0 Å². The zero-order valence-electron chi connectivity index (χ0n) is 10.6. The van der Waals surface area contributed by atoms with Crippen LogP contribution in [-0.4, -0.2) is 51.2 Å². The van der Waals surface area contributed by atoms with Crippen LogP contribution in [0.25, 0.3) is 0 Å². The Morgan fingerprint density at radius 1 is 1.18 bits per heavy atom. The van der Waals surface area contributed by atoms with Crippen molar-refractivity contribution >= 4 is 0 Å². The molecule has 2 unspecified atom stereocenters. The van der Waals surface area contributed by atoms with Gasteiger partial charge in [0.15, 0.2) is 0 Å². The summed E-state index contributed by atoms with van der Waals surface area (Å²) < 4.78 is 16.7. The highest BCUT2D eigenvalue weighted by Crippen LogP contribution is 2.36. The molecule has 4 nitrogen and oxygen atoms in total. The highest BCUT2D eigenvalue weighted by molar-refractivity contribution is 4.94. The molecule has 0 aromatic rings. The average Bonchev–Trinajstić information content (AvgIpc) is 2.90. The lowest BCUT2D eigenvalue weighted by molar-refractivity contribution is -0.0524. The van der Waals surface area contributed by atoms with E-state index in [2.05, 4.69) is 5.32 Å². The molecule has 1 N–H and O–H groups in total. The number of rotatable bonds is 3. The second-order valence-corrected chi connectivity index (χ2v) is 5.54. The average molecular weight is 241 g/mol. The van der Waals surface area contributed by atoms with E-state index in [4.69, 9.17) is 14.2 Å². The topological polar surface area (TPSA) is 39.7 Å². The van der Waals surface area contributed by atoms with Crippen molar-refractivity contribution in [2.75, 3.05) is 26.9 Å². The zero-order valence-corrected chi connectivity index (χ0v) is 10.6. The molecule has 4 heteroatoms. The molecular weight excluding hydrogens is 218 g/mol. The van der Waals surface area contributed by atoms with Crippen LogP contribution < -0.4 is 5.32 Å². The fraction of sp³-hybridized carbons (Fsp3) is 1.00. The molecule has 3 fully saturated rings. The van der Waals surface area contributed by atoms with E-state index in [0.717, 1.165) is 32.2 Å². The van der Waals surface area contributed by atoms with Gasteiger partial charge in [0.25, 0.3) is 0 Å². The number of ether oxygens (including phenoxy) is 3. The standard InChI is InChI=1S/C13H23NO3/c1-15-13-8-16-4-3-11(13)14-10-6-9-2-5-17-12(9)7-10/h9-14H,2-8H2,1H3/t9-,10+,11?,12-,13?/m1/s1. The van der Waals surface area contributed by atoms with Gasteiger partial charge in [-0.3, -0.25) is 0 Å². The fourth-order valence-electron chi connectivity index (χ4n) is 3.54. The largest absolute Gasteiger partial charge is 0.379 e. The Morgan fingerprint density at radius 2 is 2.12 bits per heavy atom. The molecule has 98 valence electrons. The smallest absolute Gasteiger partial charge is 0.0958 e. The first-order chi connectivity index (χ1) is 8.36. The van der Waals surface area contributed by atoms with Gasteiger partial charge in [-0.2, -0.15) is 0 Å². The molecule has 17 heavy (non-hydrogen) atoms. The Labute approximate surface area is 103 Å². The monoisotopic (exact) mass is 241 g/mol. The number of methoxy groups -OCH3 is 1. The van der Waals surface area contributed by atoms with Crippen LogP contribution in [0.1, 0.15) is 25.7 Å². The molecule has 1 aliphatic carbocycles. The van der Waals surface area contributed by atoms with Crippen molar-refractivity contribution in [2.45, 2.75) is 50.0 Å². The van der Waals surface area contributed by atoms with E-state index >= 15 is 0 Å². The summed E-state index contributed by atoms with van der Waals surface area (Å²) in [5.74, 6) is 0.799. The summed E-state index contributed by atoms with van der Waals surface area (Å²) in [4.78, 5) is 0. The molecule has 3 rings (SSSR count). The third-order valence-electron chi connectivity index (χ3n) is 4.51. The summed E-state index contributed by atoms with van der Waals surface area (Å²) in [7, 11) is 1.78. The summed E-state index contributed by atoms with van der Waals surface area (Å²) in [6.45, 7) is 2.55. The zero-order chi connectivity index (χ0) is 11.7. The lowest BCUT2D eigenvalue weighted by Crippen LogP contribution is -2.50. The molecule has 1 saturated carbocycles. The van der Waals surface area contributed by atoms with Gasteiger partial charge in [-0.25, -0.2) is 0 Å². The summed E-state index contributed by atoms with van der Waals surface area (Å²) in [6.07, 6.45) is 5.50. The molecule has 0 radical (unpaired) electrons. The first-order valence-corrected chi connectivity index (χ1v) is 6.85. The Bertz CT molecular complexity index is 249. The van der Waals surface area contributed by atoms with Crippen molar-refractivity contribution in [3.8, 4) is 0 Å². The first kappa shape index (κ1) is 11.9. The number of hydrogen-bond donors (Lipinski definition) is 1. The van der Waals surface area contributed by atoms with E-state index in [1.54, 1.807) is 7.11 Å². The molecule has 2 heterocycles. The van der Waals surface area contributed by atoms with Crippen LogP contribution in [0.4, 0.5) is 0 Å². The van der Waals surface area contributed by atoms with Crippen LogP contribution in [0, 0.1) is 5.92 Å². The van der Waals surface area contributed by atoms with E-state index in [1.165, 1.54) is 19.3 Å². The van der Waals surface area contributed by atoms with Crippen LogP contribution in [-0.2, 0) is 14.2 Å². The minimum Gasteiger partial charge on any atom is -0.379 e. The molecule has 3 aliphatic rings. The molecule has 5 atom stereocenters. The molecule has 2 aliphatic heterocycles. The SMILES string of the molecule is COC1COCCC1N[C@H]1C[C@H]2CCO[C@@H]2C1. The fourth-order valence-corrected chi connectivity index (χ4v) is 3.54. The third kappa shape index (κ3) is 2.50. The lowest BCUT2D eigenvalue weighted by Gasteiger charge is -2.33. The highest BCUT2D eigenvalue weighted by Gasteiger charge is 2.40. The Hall–Kier alpha value is -0.160. The Kier molecular flexibility index (Phi) is 3.66. The maximum Gasteiger partial charge on any atom is 0.0958 e. The summed E-state index contributed by atoms with van der Waals surface area (Å²) in [5.41, 5.74) is 0. The maximum absolute atomic E-state index is 5.75. The summed E-state index contributed by atoms with van der Waals surface area (Å²) in [5, 5.41) is 3.76. The van der Waals surface area contributed by atoms with Crippen LogP contribution in [0.5, 0.6) is 0 Å². The van der Waals surface area contributed by atoms with Gasteiger partial charge >= 0.3 is 0 Å². The molecule has 0 amide bonds. The van der Waals surface area contributed by atoms with E-state index in [-0.39, 0.29) is 6.10 Å². The summed E-state index contributed by atoms with van der Waals surface area (Å²) in [6, 6.07) is 1.07. The normalized spacial score (nSPS) is 46.1. The molecular formula is C13H23NO3. The number of hydrogen-bond acceptors (Lipinski definition) is 4. The number of nitrogens with one attached hydrogen (secondary N) is 1. The Morgan fingerprint density at radius 3 is 2.94 bits per heavy atom. The molecule has 0 bridgehead atoms. The Balaban J connectivity index is 1.52. The third-order valence-corrected chi connectivity index (χ3v) is 4.51. The van der Waals surface area contributed by atoms with Crippen LogP contribution in [0.15, 0.2) is 0 Å². The van der Waals surface area contributed by atoms with Gasteiger partial charge in [0.2, 0.25) is 0 Å². The van der Waals surface area contributed by atoms with Gasteiger partial charge in [-0.1, -0.05) is 0 Å². The lowest BCUT2D eigenvalue weighted by atomic mass is 10.0. The highest BCUT2D eigenvalue weighted by atomic mass is 16.5. The van der Waals surface area contributed by atoms with Crippen molar-refractivity contribution in [3.05, 3.63) is 0 Å². The van der Waals surface area contributed by atoms with Gasteiger partial charge in [0, 0.05) is 32.4 Å². The minimum atomic E-state index is 0.213. The van der Waals surface area contributed by atoms with Crippen molar-refractivity contribution in [3.63, 3.8) is 0 Å². The van der Waals surface area contributed by atoms with Gasteiger partial charge in [-0.05, 0) is 31.6 Å². The van der Waals surface area contributed by atoms with Crippen molar-refractivity contribution in [1.29, 1.82) is 0 Å². The maximum atomic E-state index is 5.75. The quantitative estimate of drug-likeness (QED) is 0.798.